The fraction of sp³-hybridized carbons (Fsp3) is 0.0667. The lowest BCUT2D eigenvalue weighted by molar-refractivity contribution is 0.0698. The van der Waals surface area contributed by atoms with Crippen LogP contribution in [0, 0.1) is 12.7 Å². The van der Waals surface area contributed by atoms with Crippen LogP contribution in [0.25, 0.3) is 22.6 Å². The van der Waals surface area contributed by atoms with E-state index in [-0.39, 0.29) is 22.9 Å². The highest BCUT2D eigenvalue weighted by atomic mass is 19.1. The number of aromatic carboxylic acids is 1. The van der Waals surface area contributed by atoms with Crippen molar-refractivity contribution in [1.82, 2.24) is 4.98 Å². The second-order valence-electron chi connectivity index (χ2n) is 4.50. The Labute approximate surface area is 113 Å². The minimum atomic E-state index is -1.09. The van der Waals surface area contributed by atoms with Crippen LogP contribution in [0.15, 0.2) is 40.8 Å². The summed E-state index contributed by atoms with van der Waals surface area (Å²) in [6, 6.07) is 9.12. The first-order valence-corrected chi connectivity index (χ1v) is 5.95. The first-order valence-electron chi connectivity index (χ1n) is 5.95. The summed E-state index contributed by atoms with van der Waals surface area (Å²) in [6.45, 7) is 1.76. The zero-order valence-corrected chi connectivity index (χ0v) is 10.6. The molecule has 0 bridgehead atoms. The first-order chi connectivity index (χ1) is 9.54. The van der Waals surface area contributed by atoms with E-state index in [1.807, 2.05) is 0 Å². The van der Waals surface area contributed by atoms with Gasteiger partial charge < -0.3 is 9.52 Å². The number of carbonyl (C=O) groups is 1. The van der Waals surface area contributed by atoms with Crippen LogP contribution in [0.3, 0.4) is 0 Å². The third-order valence-corrected chi connectivity index (χ3v) is 2.93. The molecule has 100 valence electrons. The van der Waals surface area contributed by atoms with E-state index in [0.29, 0.717) is 11.1 Å². The summed E-state index contributed by atoms with van der Waals surface area (Å²) >= 11 is 0. The Hall–Kier alpha value is -2.69. The van der Waals surface area contributed by atoms with Crippen LogP contribution >= 0.6 is 0 Å². The number of aryl methyl sites for hydroxylation is 1. The lowest BCUT2D eigenvalue weighted by Crippen LogP contribution is -1.95. The van der Waals surface area contributed by atoms with E-state index in [1.165, 1.54) is 18.2 Å². The van der Waals surface area contributed by atoms with Crippen molar-refractivity contribution >= 4 is 17.1 Å². The van der Waals surface area contributed by atoms with Crippen molar-refractivity contribution in [3.8, 4) is 11.5 Å². The minimum absolute atomic E-state index is 0.0365. The molecule has 0 aliphatic heterocycles. The maximum absolute atomic E-state index is 13.4. The van der Waals surface area contributed by atoms with Crippen LogP contribution in [0.5, 0.6) is 0 Å². The number of oxazole rings is 1. The zero-order valence-electron chi connectivity index (χ0n) is 10.6. The van der Waals surface area contributed by atoms with E-state index >= 15 is 0 Å². The first kappa shape index (κ1) is 12.3. The predicted molar refractivity (Wildman–Crippen MR) is 71.1 cm³/mol. The Morgan fingerprint density at radius 2 is 2.10 bits per heavy atom. The van der Waals surface area contributed by atoms with Gasteiger partial charge in [0.25, 0.3) is 0 Å². The molecule has 5 heteroatoms. The van der Waals surface area contributed by atoms with E-state index < -0.39 is 5.97 Å². The number of fused-ring (bicyclic) bond motifs is 1. The molecule has 0 spiro atoms. The normalized spacial score (nSPS) is 10.9. The van der Waals surface area contributed by atoms with Crippen molar-refractivity contribution in [2.24, 2.45) is 0 Å². The zero-order chi connectivity index (χ0) is 14.3. The number of hydrogen-bond acceptors (Lipinski definition) is 3. The molecule has 3 rings (SSSR count). The number of para-hydroxylation sites is 1. The second kappa shape index (κ2) is 4.45. The lowest BCUT2D eigenvalue weighted by Gasteiger charge is -1.98. The SMILES string of the molecule is Cc1cc(F)cc(-c2nc3cccc(C(=O)O)c3o2)c1. The monoisotopic (exact) mass is 271 g/mol. The molecule has 0 saturated carbocycles. The highest BCUT2D eigenvalue weighted by Gasteiger charge is 2.16. The fourth-order valence-electron chi connectivity index (χ4n) is 2.10. The van der Waals surface area contributed by atoms with Gasteiger partial charge in [0.2, 0.25) is 5.89 Å². The van der Waals surface area contributed by atoms with E-state index in [2.05, 4.69) is 4.98 Å². The summed E-state index contributed by atoms with van der Waals surface area (Å²) in [5, 5.41) is 9.10. The maximum atomic E-state index is 13.4. The van der Waals surface area contributed by atoms with Gasteiger partial charge in [-0.3, -0.25) is 0 Å². The quantitative estimate of drug-likeness (QED) is 0.772. The van der Waals surface area contributed by atoms with Crippen LogP contribution in [0.1, 0.15) is 15.9 Å². The van der Waals surface area contributed by atoms with E-state index in [1.54, 1.807) is 25.1 Å². The summed E-state index contributed by atoms with van der Waals surface area (Å²) in [6.07, 6.45) is 0. The van der Waals surface area contributed by atoms with Gasteiger partial charge in [0, 0.05) is 5.56 Å². The molecule has 2 aromatic carbocycles. The van der Waals surface area contributed by atoms with Crippen molar-refractivity contribution in [2.45, 2.75) is 6.92 Å². The second-order valence-corrected chi connectivity index (χ2v) is 4.50. The highest BCUT2D eigenvalue weighted by molar-refractivity contribution is 6.00. The van der Waals surface area contributed by atoms with Crippen LogP contribution in [0.2, 0.25) is 0 Å². The van der Waals surface area contributed by atoms with Crippen LogP contribution in [0.4, 0.5) is 4.39 Å². The van der Waals surface area contributed by atoms with Crippen LogP contribution < -0.4 is 0 Å². The Balaban J connectivity index is 2.23. The molecule has 0 saturated heterocycles. The molecule has 0 radical (unpaired) electrons. The summed E-state index contributed by atoms with van der Waals surface area (Å²) in [7, 11) is 0. The third kappa shape index (κ3) is 2.03. The van der Waals surface area contributed by atoms with Gasteiger partial charge in [-0.2, -0.15) is 0 Å². The number of carboxylic acids is 1. The van der Waals surface area contributed by atoms with Crippen molar-refractivity contribution in [2.75, 3.05) is 0 Å². The molecule has 3 aromatic rings. The third-order valence-electron chi connectivity index (χ3n) is 2.93. The number of benzene rings is 2. The molecule has 0 atom stereocenters. The summed E-state index contributed by atoms with van der Waals surface area (Å²) in [5.41, 5.74) is 1.88. The molecular formula is C15H10FNO3. The van der Waals surface area contributed by atoms with Gasteiger partial charge in [-0.15, -0.1) is 0 Å². The number of rotatable bonds is 2. The summed E-state index contributed by atoms with van der Waals surface area (Å²) < 4.78 is 18.9. The lowest BCUT2D eigenvalue weighted by atomic mass is 10.1. The minimum Gasteiger partial charge on any atom is -0.478 e. The molecule has 0 aliphatic carbocycles. The average Bonchev–Trinajstić information content (AvgIpc) is 2.80. The molecule has 1 N–H and O–H groups in total. The number of aromatic nitrogens is 1. The molecular weight excluding hydrogens is 261 g/mol. The average molecular weight is 271 g/mol. The standard InChI is InChI=1S/C15H10FNO3/c1-8-5-9(7-10(16)6-8)14-17-12-4-2-3-11(15(18)19)13(12)20-14/h2-7H,1H3,(H,18,19). The van der Waals surface area contributed by atoms with Gasteiger partial charge in [0.05, 0.1) is 0 Å². The van der Waals surface area contributed by atoms with E-state index in [4.69, 9.17) is 9.52 Å². The molecule has 0 aliphatic rings. The number of carboxylic acid groups (broad SMARTS) is 1. The van der Waals surface area contributed by atoms with Gasteiger partial charge in [0.1, 0.15) is 16.9 Å². The molecule has 0 unspecified atom stereocenters. The van der Waals surface area contributed by atoms with Crippen LogP contribution in [-0.4, -0.2) is 16.1 Å². The van der Waals surface area contributed by atoms with Gasteiger partial charge in [-0.25, -0.2) is 14.2 Å². The maximum Gasteiger partial charge on any atom is 0.339 e. The van der Waals surface area contributed by atoms with Crippen molar-refractivity contribution in [1.29, 1.82) is 0 Å². The van der Waals surface area contributed by atoms with Gasteiger partial charge in [-0.05, 0) is 42.8 Å². The number of hydrogen-bond donors (Lipinski definition) is 1. The molecule has 0 amide bonds. The Morgan fingerprint density at radius 1 is 1.30 bits per heavy atom. The fourth-order valence-corrected chi connectivity index (χ4v) is 2.10. The molecule has 20 heavy (non-hydrogen) atoms. The largest absolute Gasteiger partial charge is 0.478 e. The summed E-state index contributed by atoms with van der Waals surface area (Å²) in [5.74, 6) is -1.27. The van der Waals surface area contributed by atoms with E-state index in [9.17, 15) is 9.18 Å². The molecule has 0 fully saturated rings. The van der Waals surface area contributed by atoms with Crippen LogP contribution in [-0.2, 0) is 0 Å². The Bertz CT molecular complexity index is 803. The van der Waals surface area contributed by atoms with E-state index in [0.717, 1.165) is 5.56 Å². The molecule has 4 nitrogen and oxygen atoms in total. The van der Waals surface area contributed by atoms with Crippen molar-refractivity contribution in [3.05, 3.63) is 53.3 Å². The van der Waals surface area contributed by atoms with Crippen molar-refractivity contribution < 1.29 is 18.7 Å². The topological polar surface area (TPSA) is 63.3 Å². The number of nitrogens with zero attached hydrogens (tertiary/aromatic N) is 1. The summed E-state index contributed by atoms with van der Waals surface area (Å²) in [4.78, 5) is 15.3. The van der Waals surface area contributed by atoms with Gasteiger partial charge >= 0.3 is 5.97 Å². The Morgan fingerprint density at radius 3 is 2.80 bits per heavy atom. The highest BCUT2D eigenvalue weighted by Crippen LogP contribution is 2.27. The van der Waals surface area contributed by atoms with Crippen molar-refractivity contribution in [3.63, 3.8) is 0 Å². The predicted octanol–water partition coefficient (Wildman–Crippen LogP) is 3.64. The Kier molecular flexibility index (Phi) is 2.75. The van der Waals surface area contributed by atoms with Gasteiger partial charge in [-0.1, -0.05) is 6.07 Å². The molecule has 1 heterocycles. The number of halogens is 1. The molecule has 1 aromatic heterocycles. The smallest absolute Gasteiger partial charge is 0.339 e. The van der Waals surface area contributed by atoms with Gasteiger partial charge in [0.15, 0.2) is 5.58 Å².